The average molecular weight is 210 g/mol. The zero-order valence-electron chi connectivity index (χ0n) is 10.2. The summed E-state index contributed by atoms with van der Waals surface area (Å²) in [6.45, 7) is 7.24. The number of furan rings is 1. The Kier molecular flexibility index (Phi) is 4.85. The van der Waals surface area contributed by atoms with Crippen LogP contribution in [-0.4, -0.2) is 25.5 Å². The van der Waals surface area contributed by atoms with Gasteiger partial charge in [-0.2, -0.15) is 0 Å². The lowest BCUT2D eigenvalue weighted by Crippen LogP contribution is -2.22. The predicted molar refractivity (Wildman–Crippen MR) is 62.6 cm³/mol. The van der Waals surface area contributed by atoms with E-state index in [1.165, 1.54) is 0 Å². The molecule has 1 rings (SSSR count). The van der Waals surface area contributed by atoms with Crippen LogP contribution in [0.15, 0.2) is 16.5 Å². The van der Waals surface area contributed by atoms with Gasteiger partial charge >= 0.3 is 0 Å². The molecule has 1 heterocycles. The molecule has 3 heteroatoms. The van der Waals surface area contributed by atoms with E-state index >= 15 is 0 Å². The molecule has 0 atom stereocenters. The van der Waals surface area contributed by atoms with Crippen molar-refractivity contribution in [2.75, 3.05) is 20.6 Å². The Hall–Kier alpha value is -0.800. The van der Waals surface area contributed by atoms with Crippen LogP contribution in [0.1, 0.15) is 25.4 Å². The third kappa shape index (κ3) is 4.49. The second kappa shape index (κ2) is 5.93. The number of nitrogens with zero attached hydrogens (tertiary/aromatic N) is 1. The van der Waals surface area contributed by atoms with Crippen molar-refractivity contribution in [3.05, 3.63) is 23.7 Å². The van der Waals surface area contributed by atoms with Crippen molar-refractivity contribution < 1.29 is 4.42 Å². The summed E-state index contributed by atoms with van der Waals surface area (Å²) in [7, 11) is 4.05. The van der Waals surface area contributed by atoms with Crippen molar-refractivity contribution in [2.45, 2.75) is 26.9 Å². The standard InChI is InChI=1S/C12H22N2O/c1-10(2)8-14(4)9-12-6-5-11(15-12)7-13-3/h5-6,10,13H,7-9H2,1-4H3. The van der Waals surface area contributed by atoms with E-state index < -0.39 is 0 Å². The smallest absolute Gasteiger partial charge is 0.118 e. The Morgan fingerprint density at radius 3 is 2.60 bits per heavy atom. The zero-order chi connectivity index (χ0) is 11.3. The molecular formula is C12H22N2O. The molecule has 0 bridgehead atoms. The van der Waals surface area contributed by atoms with Crippen LogP contribution in [0.2, 0.25) is 0 Å². The first-order valence-corrected chi connectivity index (χ1v) is 5.52. The van der Waals surface area contributed by atoms with Gasteiger partial charge in [0.15, 0.2) is 0 Å². The SMILES string of the molecule is CNCc1ccc(CN(C)CC(C)C)o1. The number of rotatable bonds is 6. The van der Waals surface area contributed by atoms with Crippen molar-refractivity contribution in [1.82, 2.24) is 10.2 Å². The third-order valence-corrected chi connectivity index (χ3v) is 2.17. The highest BCUT2D eigenvalue weighted by Crippen LogP contribution is 2.10. The van der Waals surface area contributed by atoms with E-state index in [4.69, 9.17) is 4.42 Å². The van der Waals surface area contributed by atoms with E-state index in [1.54, 1.807) is 0 Å². The molecule has 0 amide bonds. The maximum Gasteiger partial charge on any atom is 0.118 e. The molecule has 0 radical (unpaired) electrons. The van der Waals surface area contributed by atoms with Gasteiger partial charge in [0.25, 0.3) is 0 Å². The largest absolute Gasteiger partial charge is 0.463 e. The van der Waals surface area contributed by atoms with Crippen LogP contribution in [-0.2, 0) is 13.1 Å². The molecule has 0 saturated heterocycles. The van der Waals surface area contributed by atoms with Gasteiger partial charge < -0.3 is 9.73 Å². The summed E-state index contributed by atoms with van der Waals surface area (Å²) in [5.74, 6) is 2.75. The number of hydrogen-bond acceptors (Lipinski definition) is 3. The maximum absolute atomic E-state index is 5.67. The fourth-order valence-corrected chi connectivity index (χ4v) is 1.73. The molecular weight excluding hydrogens is 188 g/mol. The molecule has 0 aliphatic rings. The van der Waals surface area contributed by atoms with Gasteiger partial charge in [-0.1, -0.05) is 13.8 Å². The molecule has 15 heavy (non-hydrogen) atoms. The second-order valence-electron chi connectivity index (χ2n) is 4.49. The summed E-state index contributed by atoms with van der Waals surface area (Å²) in [5.41, 5.74) is 0. The Morgan fingerprint density at radius 2 is 2.00 bits per heavy atom. The average Bonchev–Trinajstić information content (AvgIpc) is 2.51. The Morgan fingerprint density at radius 1 is 1.33 bits per heavy atom. The zero-order valence-corrected chi connectivity index (χ0v) is 10.2. The summed E-state index contributed by atoms with van der Waals surface area (Å²) < 4.78 is 5.67. The lowest BCUT2D eigenvalue weighted by Gasteiger charge is -2.17. The van der Waals surface area contributed by atoms with Crippen LogP contribution >= 0.6 is 0 Å². The van der Waals surface area contributed by atoms with Crippen molar-refractivity contribution in [3.8, 4) is 0 Å². The van der Waals surface area contributed by atoms with Gasteiger partial charge in [-0.25, -0.2) is 0 Å². The molecule has 1 aromatic rings. The lowest BCUT2D eigenvalue weighted by molar-refractivity contribution is 0.261. The number of hydrogen-bond donors (Lipinski definition) is 1. The highest BCUT2D eigenvalue weighted by molar-refractivity contribution is 5.06. The lowest BCUT2D eigenvalue weighted by atomic mass is 10.2. The quantitative estimate of drug-likeness (QED) is 0.779. The first-order valence-electron chi connectivity index (χ1n) is 5.52. The van der Waals surface area contributed by atoms with E-state index in [9.17, 15) is 0 Å². The molecule has 0 spiro atoms. The van der Waals surface area contributed by atoms with Gasteiger partial charge in [-0.15, -0.1) is 0 Å². The van der Waals surface area contributed by atoms with Crippen molar-refractivity contribution in [1.29, 1.82) is 0 Å². The molecule has 1 N–H and O–H groups in total. The Balaban J connectivity index is 2.42. The monoisotopic (exact) mass is 210 g/mol. The van der Waals surface area contributed by atoms with E-state index in [-0.39, 0.29) is 0 Å². The van der Waals surface area contributed by atoms with E-state index in [2.05, 4.69) is 37.2 Å². The summed E-state index contributed by atoms with van der Waals surface area (Å²) >= 11 is 0. The summed E-state index contributed by atoms with van der Waals surface area (Å²) in [6, 6.07) is 4.10. The van der Waals surface area contributed by atoms with Crippen molar-refractivity contribution in [3.63, 3.8) is 0 Å². The fourth-order valence-electron chi connectivity index (χ4n) is 1.73. The van der Waals surface area contributed by atoms with E-state index in [0.29, 0.717) is 5.92 Å². The first-order chi connectivity index (χ1) is 7.11. The van der Waals surface area contributed by atoms with E-state index in [1.807, 2.05) is 13.1 Å². The molecule has 3 nitrogen and oxygen atoms in total. The van der Waals surface area contributed by atoms with Gasteiger partial charge in [-0.3, -0.25) is 4.90 Å². The molecule has 86 valence electrons. The minimum Gasteiger partial charge on any atom is -0.463 e. The minimum absolute atomic E-state index is 0.696. The highest BCUT2D eigenvalue weighted by atomic mass is 16.3. The fraction of sp³-hybridized carbons (Fsp3) is 0.667. The summed E-state index contributed by atoms with van der Waals surface area (Å²) in [4.78, 5) is 2.28. The molecule has 1 aromatic heterocycles. The molecule has 0 unspecified atom stereocenters. The van der Waals surface area contributed by atoms with Crippen LogP contribution in [0.25, 0.3) is 0 Å². The van der Waals surface area contributed by atoms with Crippen LogP contribution in [0.3, 0.4) is 0 Å². The van der Waals surface area contributed by atoms with Crippen LogP contribution < -0.4 is 5.32 Å². The maximum atomic E-state index is 5.67. The van der Waals surface area contributed by atoms with Gasteiger partial charge in [0.1, 0.15) is 11.5 Å². The summed E-state index contributed by atoms with van der Waals surface area (Å²) in [6.07, 6.45) is 0. The topological polar surface area (TPSA) is 28.4 Å². The molecule has 0 aliphatic heterocycles. The molecule has 0 aliphatic carbocycles. The van der Waals surface area contributed by atoms with Gasteiger partial charge in [-0.05, 0) is 32.1 Å². The van der Waals surface area contributed by atoms with Crippen molar-refractivity contribution in [2.24, 2.45) is 5.92 Å². The summed E-state index contributed by atoms with van der Waals surface area (Å²) in [5, 5.41) is 3.08. The van der Waals surface area contributed by atoms with Gasteiger partial charge in [0, 0.05) is 6.54 Å². The van der Waals surface area contributed by atoms with Crippen molar-refractivity contribution >= 4 is 0 Å². The van der Waals surface area contributed by atoms with Crippen LogP contribution in [0, 0.1) is 5.92 Å². The Bertz CT molecular complexity index is 281. The predicted octanol–water partition coefficient (Wildman–Crippen LogP) is 2.09. The Labute approximate surface area is 92.5 Å². The minimum atomic E-state index is 0.696. The normalized spacial score (nSPS) is 11.6. The second-order valence-corrected chi connectivity index (χ2v) is 4.49. The van der Waals surface area contributed by atoms with Gasteiger partial charge in [0.05, 0.1) is 13.1 Å². The molecule has 0 aromatic carbocycles. The molecule has 0 saturated carbocycles. The van der Waals surface area contributed by atoms with Crippen LogP contribution in [0.4, 0.5) is 0 Å². The molecule has 0 fully saturated rings. The third-order valence-electron chi connectivity index (χ3n) is 2.17. The van der Waals surface area contributed by atoms with Gasteiger partial charge in [0.2, 0.25) is 0 Å². The van der Waals surface area contributed by atoms with E-state index in [0.717, 1.165) is 31.2 Å². The number of nitrogens with one attached hydrogen (secondary N) is 1. The van der Waals surface area contributed by atoms with Crippen LogP contribution in [0.5, 0.6) is 0 Å². The first kappa shape index (κ1) is 12.3. The highest BCUT2D eigenvalue weighted by Gasteiger charge is 2.06.